The van der Waals surface area contributed by atoms with E-state index in [0.717, 1.165) is 21.0 Å². The maximum Gasteiger partial charge on any atom is 0.264 e. The molecule has 0 aliphatic rings. The summed E-state index contributed by atoms with van der Waals surface area (Å²) in [4.78, 5) is 29.4. The monoisotopic (exact) mass is 615 g/mol. The van der Waals surface area contributed by atoms with Crippen LogP contribution in [-0.4, -0.2) is 44.3 Å². The van der Waals surface area contributed by atoms with Gasteiger partial charge in [0.2, 0.25) is 11.8 Å². The molecule has 9 heteroatoms. The molecule has 230 valence electrons. The first-order chi connectivity index (χ1) is 21.1. The quantitative estimate of drug-likeness (QED) is 0.206. The number of carbonyl (C=O) groups is 2. The molecule has 1 N–H and O–H groups in total. The summed E-state index contributed by atoms with van der Waals surface area (Å²) < 4.78 is 44.2. The van der Waals surface area contributed by atoms with Crippen LogP contribution in [0.3, 0.4) is 0 Å². The van der Waals surface area contributed by atoms with Crippen LogP contribution in [0.25, 0.3) is 0 Å². The van der Waals surface area contributed by atoms with Crippen LogP contribution < -0.4 is 9.62 Å². The normalized spacial score (nSPS) is 11.9. The molecule has 0 heterocycles. The molecule has 0 aromatic heterocycles. The zero-order chi connectivity index (χ0) is 31.7. The van der Waals surface area contributed by atoms with E-state index in [-0.39, 0.29) is 23.4 Å². The average molecular weight is 616 g/mol. The molecule has 4 aromatic rings. The molecule has 0 fully saturated rings. The van der Waals surface area contributed by atoms with Gasteiger partial charge in [-0.25, -0.2) is 12.8 Å². The number of hydrogen-bond donors (Lipinski definition) is 1. The molecule has 0 bridgehead atoms. The van der Waals surface area contributed by atoms with Crippen molar-refractivity contribution in [1.82, 2.24) is 10.2 Å². The van der Waals surface area contributed by atoms with Gasteiger partial charge >= 0.3 is 0 Å². The molecule has 44 heavy (non-hydrogen) atoms. The summed E-state index contributed by atoms with van der Waals surface area (Å²) in [5.74, 6) is -1.57. The summed E-state index contributed by atoms with van der Waals surface area (Å²) in [7, 11) is -4.20. The van der Waals surface area contributed by atoms with Gasteiger partial charge in [-0.05, 0) is 67.3 Å². The van der Waals surface area contributed by atoms with Gasteiger partial charge in [-0.3, -0.25) is 13.9 Å². The minimum absolute atomic E-state index is 0.0215. The first-order valence-electron chi connectivity index (χ1n) is 14.6. The molecular formula is C35H38FN3O4S. The Morgan fingerprint density at radius 1 is 0.841 bits per heavy atom. The van der Waals surface area contributed by atoms with Gasteiger partial charge in [0.25, 0.3) is 10.0 Å². The number of hydrogen-bond acceptors (Lipinski definition) is 4. The smallest absolute Gasteiger partial charge is 0.264 e. The second-order valence-electron chi connectivity index (χ2n) is 10.7. The molecule has 1 atom stereocenters. The van der Waals surface area contributed by atoms with Gasteiger partial charge in [-0.15, -0.1) is 0 Å². The van der Waals surface area contributed by atoms with Crippen molar-refractivity contribution in [2.45, 2.75) is 51.1 Å². The SMILES string of the molecule is CCCNC(=O)[C@H](Cc1ccccc1)N(Cc1ccccc1F)C(=O)CN(c1ccc(C)c(C)c1)S(=O)(=O)c1ccccc1. The molecule has 7 nitrogen and oxygen atoms in total. The van der Waals surface area contributed by atoms with Crippen molar-refractivity contribution in [2.75, 3.05) is 17.4 Å². The van der Waals surface area contributed by atoms with Gasteiger partial charge in [0.05, 0.1) is 10.6 Å². The van der Waals surface area contributed by atoms with E-state index in [1.807, 2.05) is 51.1 Å². The topological polar surface area (TPSA) is 86.8 Å². The lowest BCUT2D eigenvalue weighted by Crippen LogP contribution is -2.53. The zero-order valence-electron chi connectivity index (χ0n) is 25.2. The van der Waals surface area contributed by atoms with Crippen molar-refractivity contribution in [3.63, 3.8) is 0 Å². The van der Waals surface area contributed by atoms with E-state index in [9.17, 15) is 22.4 Å². The minimum Gasteiger partial charge on any atom is -0.354 e. The number of halogens is 1. The highest BCUT2D eigenvalue weighted by Gasteiger charge is 2.35. The predicted octanol–water partition coefficient (Wildman–Crippen LogP) is 5.80. The molecule has 4 aromatic carbocycles. The van der Waals surface area contributed by atoms with E-state index in [4.69, 9.17) is 0 Å². The molecular weight excluding hydrogens is 577 g/mol. The van der Waals surface area contributed by atoms with Gasteiger partial charge < -0.3 is 10.2 Å². The third-order valence-corrected chi connectivity index (χ3v) is 9.30. The van der Waals surface area contributed by atoms with Crippen molar-refractivity contribution in [1.29, 1.82) is 0 Å². The summed E-state index contributed by atoms with van der Waals surface area (Å²) in [5, 5.41) is 2.88. The number of sulfonamides is 1. The van der Waals surface area contributed by atoms with E-state index in [2.05, 4.69) is 5.32 Å². The molecule has 0 saturated carbocycles. The van der Waals surface area contributed by atoms with Crippen molar-refractivity contribution in [3.8, 4) is 0 Å². The summed E-state index contributed by atoms with van der Waals surface area (Å²) in [6, 6.07) is 27.3. The Morgan fingerprint density at radius 3 is 2.11 bits per heavy atom. The Kier molecular flexibility index (Phi) is 10.9. The molecule has 0 unspecified atom stereocenters. The first-order valence-corrected chi connectivity index (χ1v) is 16.1. The summed E-state index contributed by atoms with van der Waals surface area (Å²) in [5.41, 5.74) is 3.15. The predicted molar refractivity (Wildman–Crippen MR) is 171 cm³/mol. The lowest BCUT2D eigenvalue weighted by molar-refractivity contribution is -0.140. The van der Waals surface area contributed by atoms with Crippen LogP contribution in [0.4, 0.5) is 10.1 Å². The Bertz CT molecular complexity index is 1680. The lowest BCUT2D eigenvalue weighted by Gasteiger charge is -2.34. The third kappa shape index (κ3) is 7.90. The number of nitrogens with zero attached hydrogens (tertiary/aromatic N) is 2. The van der Waals surface area contributed by atoms with Crippen LogP contribution in [0, 0.1) is 19.7 Å². The highest BCUT2D eigenvalue weighted by atomic mass is 32.2. The van der Waals surface area contributed by atoms with Crippen molar-refractivity contribution in [2.24, 2.45) is 0 Å². The zero-order valence-corrected chi connectivity index (χ0v) is 26.1. The molecule has 0 saturated heterocycles. The Hall–Kier alpha value is -4.50. The molecule has 0 aliphatic heterocycles. The number of benzene rings is 4. The number of rotatable bonds is 13. The van der Waals surface area contributed by atoms with Crippen molar-refractivity contribution >= 4 is 27.5 Å². The number of anilines is 1. The Labute approximate surface area is 259 Å². The highest BCUT2D eigenvalue weighted by molar-refractivity contribution is 7.92. The van der Waals surface area contributed by atoms with E-state index in [1.54, 1.807) is 54.6 Å². The summed E-state index contributed by atoms with van der Waals surface area (Å²) in [6.07, 6.45) is 0.840. The van der Waals surface area contributed by atoms with Crippen molar-refractivity contribution in [3.05, 3.63) is 131 Å². The summed E-state index contributed by atoms with van der Waals surface area (Å²) in [6.45, 7) is 5.27. The van der Waals surface area contributed by atoms with Crippen LogP contribution in [0.1, 0.15) is 35.6 Å². The van der Waals surface area contributed by atoms with Crippen LogP contribution in [0.5, 0.6) is 0 Å². The number of aryl methyl sites for hydroxylation is 2. The Morgan fingerprint density at radius 2 is 1.48 bits per heavy atom. The van der Waals surface area contributed by atoms with Gasteiger partial charge in [0, 0.05) is 25.1 Å². The van der Waals surface area contributed by atoms with Gasteiger partial charge in [0.1, 0.15) is 18.4 Å². The number of amides is 2. The van der Waals surface area contributed by atoms with Gasteiger partial charge in [-0.1, -0.05) is 79.7 Å². The van der Waals surface area contributed by atoms with E-state index in [0.29, 0.717) is 18.7 Å². The Balaban J connectivity index is 1.81. The number of carbonyl (C=O) groups excluding carboxylic acids is 2. The molecule has 0 aliphatic carbocycles. The fourth-order valence-electron chi connectivity index (χ4n) is 4.86. The highest BCUT2D eigenvalue weighted by Crippen LogP contribution is 2.27. The molecule has 0 radical (unpaired) electrons. The lowest BCUT2D eigenvalue weighted by atomic mass is 10.0. The fourth-order valence-corrected chi connectivity index (χ4v) is 6.29. The van der Waals surface area contributed by atoms with Crippen LogP contribution in [0.2, 0.25) is 0 Å². The second-order valence-corrected chi connectivity index (χ2v) is 12.6. The maximum atomic E-state index is 15.0. The first kappa shape index (κ1) is 32.4. The van der Waals surface area contributed by atoms with Crippen LogP contribution >= 0.6 is 0 Å². The number of nitrogens with one attached hydrogen (secondary N) is 1. The fraction of sp³-hybridized carbons (Fsp3) is 0.257. The summed E-state index contributed by atoms with van der Waals surface area (Å²) >= 11 is 0. The second kappa shape index (κ2) is 14.8. The largest absolute Gasteiger partial charge is 0.354 e. The van der Waals surface area contributed by atoms with E-state index >= 15 is 0 Å². The third-order valence-electron chi connectivity index (χ3n) is 7.51. The maximum absolute atomic E-state index is 15.0. The molecule has 4 rings (SSSR count). The minimum atomic E-state index is -4.20. The van der Waals surface area contributed by atoms with E-state index in [1.165, 1.54) is 23.1 Å². The van der Waals surface area contributed by atoms with E-state index < -0.39 is 40.2 Å². The molecule has 2 amide bonds. The van der Waals surface area contributed by atoms with Crippen molar-refractivity contribution < 1.29 is 22.4 Å². The van der Waals surface area contributed by atoms with Gasteiger partial charge in [0.15, 0.2) is 0 Å². The molecule has 0 spiro atoms. The van der Waals surface area contributed by atoms with Crippen LogP contribution in [-0.2, 0) is 32.6 Å². The van der Waals surface area contributed by atoms with Gasteiger partial charge in [-0.2, -0.15) is 0 Å². The van der Waals surface area contributed by atoms with Crippen LogP contribution in [0.15, 0.2) is 108 Å². The standard InChI is InChI=1S/C35H38FN3O4S/c1-4-21-37-35(41)33(23-28-13-7-5-8-14-28)38(24-29-15-11-12-18-32(29)36)34(40)25-39(30-20-19-26(2)27(3)22-30)44(42,43)31-16-9-6-10-17-31/h5-20,22,33H,4,21,23-25H2,1-3H3,(H,37,41)/t33-/m0/s1. The average Bonchev–Trinajstić information content (AvgIpc) is 3.03.